The van der Waals surface area contributed by atoms with Crippen LogP contribution in [0.15, 0.2) is 30.5 Å². The Labute approximate surface area is 111 Å². The van der Waals surface area contributed by atoms with Crippen molar-refractivity contribution in [2.75, 3.05) is 6.61 Å². The second kappa shape index (κ2) is 4.75. The molecule has 1 aliphatic heterocycles. The van der Waals surface area contributed by atoms with Gasteiger partial charge < -0.3 is 9.67 Å². The zero-order chi connectivity index (χ0) is 12.5. The van der Waals surface area contributed by atoms with Crippen molar-refractivity contribution in [2.24, 2.45) is 0 Å². The summed E-state index contributed by atoms with van der Waals surface area (Å²) in [6.07, 6.45) is 5.07. The Hall–Kier alpha value is -1.32. The van der Waals surface area contributed by atoms with Crippen LogP contribution < -0.4 is 0 Å². The highest BCUT2D eigenvalue weighted by Gasteiger charge is 2.23. The van der Waals surface area contributed by atoms with E-state index in [9.17, 15) is 5.11 Å². The van der Waals surface area contributed by atoms with Gasteiger partial charge in [-0.05, 0) is 31.4 Å². The second-order valence-electron chi connectivity index (χ2n) is 4.68. The molecule has 1 aliphatic rings. The Balaban J connectivity index is 2.11. The standard InChI is InChI=1S/C14H15ClN2O/c15-11-4-1-3-10(7-11)14-16-8-12-5-2-6-13(9-18)17(12)14/h1,3-4,7-8,13,18H,2,5-6,9H2. The fraction of sp³-hybridized carbons (Fsp3) is 0.357. The number of halogens is 1. The highest BCUT2D eigenvalue weighted by Crippen LogP contribution is 2.31. The number of nitrogens with zero attached hydrogens (tertiary/aromatic N) is 2. The molecule has 0 saturated carbocycles. The third-order valence-corrected chi connectivity index (χ3v) is 3.74. The van der Waals surface area contributed by atoms with Gasteiger partial charge in [-0.2, -0.15) is 0 Å². The highest BCUT2D eigenvalue weighted by molar-refractivity contribution is 6.30. The Bertz CT molecular complexity index is 565. The maximum Gasteiger partial charge on any atom is 0.140 e. The van der Waals surface area contributed by atoms with Crippen LogP contribution in [0.4, 0.5) is 0 Å². The lowest BCUT2D eigenvalue weighted by Gasteiger charge is -2.25. The fourth-order valence-electron chi connectivity index (χ4n) is 2.65. The first-order valence-electron chi connectivity index (χ1n) is 6.22. The maximum atomic E-state index is 9.51. The second-order valence-corrected chi connectivity index (χ2v) is 5.12. The number of imidazole rings is 1. The molecular weight excluding hydrogens is 248 g/mol. The molecule has 0 fully saturated rings. The van der Waals surface area contributed by atoms with Crippen molar-refractivity contribution in [1.29, 1.82) is 0 Å². The van der Waals surface area contributed by atoms with E-state index in [-0.39, 0.29) is 12.6 Å². The number of rotatable bonds is 2. The normalized spacial score (nSPS) is 18.7. The van der Waals surface area contributed by atoms with Crippen molar-refractivity contribution >= 4 is 11.6 Å². The molecule has 0 bridgehead atoms. The quantitative estimate of drug-likeness (QED) is 0.903. The lowest BCUT2D eigenvalue weighted by Crippen LogP contribution is -2.21. The zero-order valence-corrected chi connectivity index (χ0v) is 10.8. The van der Waals surface area contributed by atoms with E-state index in [0.29, 0.717) is 5.02 Å². The average molecular weight is 263 g/mol. The summed E-state index contributed by atoms with van der Waals surface area (Å²) < 4.78 is 2.16. The molecule has 2 aromatic rings. The van der Waals surface area contributed by atoms with Gasteiger partial charge in [0.1, 0.15) is 5.82 Å². The van der Waals surface area contributed by atoms with E-state index in [1.807, 2.05) is 30.5 Å². The molecule has 1 N–H and O–H groups in total. The smallest absolute Gasteiger partial charge is 0.140 e. The number of benzene rings is 1. The minimum absolute atomic E-state index is 0.144. The maximum absolute atomic E-state index is 9.51. The van der Waals surface area contributed by atoms with Gasteiger partial charge in [-0.1, -0.05) is 23.7 Å². The van der Waals surface area contributed by atoms with Crippen LogP contribution in [-0.4, -0.2) is 21.3 Å². The molecule has 2 heterocycles. The number of fused-ring (bicyclic) bond motifs is 1. The first-order chi connectivity index (χ1) is 8.79. The van der Waals surface area contributed by atoms with Crippen LogP contribution in [0.25, 0.3) is 11.4 Å². The van der Waals surface area contributed by atoms with Crippen LogP contribution in [0.2, 0.25) is 5.02 Å². The number of aryl methyl sites for hydroxylation is 1. The summed E-state index contributed by atoms with van der Waals surface area (Å²) in [6, 6.07) is 7.85. The predicted octanol–water partition coefficient (Wildman–Crippen LogP) is 3.07. The Kier molecular flexibility index (Phi) is 3.10. The van der Waals surface area contributed by atoms with Gasteiger partial charge >= 0.3 is 0 Å². The molecule has 94 valence electrons. The van der Waals surface area contributed by atoms with E-state index in [2.05, 4.69) is 9.55 Å². The van der Waals surface area contributed by atoms with E-state index in [1.165, 1.54) is 5.69 Å². The summed E-state index contributed by atoms with van der Waals surface area (Å²) in [5.74, 6) is 0.909. The van der Waals surface area contributed by atoms with E-state index in [4.69, 9.17) is 11.6 Å². The highest BCUT2D eigenvalue weighted by atomic mass is 35.5. The minimum atomic E-state index is 0.144. The molecule has 18 heavy (non-hydrogen) atoms. The summed E-state index contributed by atoms with van der Waals surface area (Å²) in [5, 5.41) is 10.2. The summed E-state index contributed by atoms with van der Waals surface area (Å²) in [6.45, 7) is 0.164. The van der Waals surface area contributed by atoms with E-state index in [0.717, 1.165) is 30.7 Å². The van der Waals surface area contributed by atoms with Crippen molar-refractivity contribution in [2.45, 2.75) is 25.3 Å². The first-order valence-corrected chi connectivity index (χ1v) is 6.60. The van der Waals surface area contributed by atoms with Gasteiger partial charge in [-0.15, -0.1) is 0 Å². The van der Waals surface area contributed by atoms with Crippen LogP contribution in [0.3, 0.4) is 0 Å². The molecule has 1 unspecified atom stereocenters. The van der Waals surface area contributed by atoms with Gasteiger partial charge in [0.05, 0.1) is 12.6 Å². The molecule has 0 spiro atoms. The number of aliphatic hydroxyl groups excluding tert-OH is 1. The number of hydrogen-bond acceptors (Lipinski definition) is 2. The van der Waals surface area contributed by atoms with Gasteiger partial charge in [-0.3, -0.25) is 0 Å². The predicted molar refractivity (Wildman–Crippen MR) is 71.7 cm³/mol. The average Bonchev–Trinajstić information content (AvgIpc) is 2.82. The number of hydrogen-bond donors (Lipinski definition) is 1. The number of aliphatic hydroxyl groups is 1. The van der Waals surface area contributed by atoms with Crippen LogP contribution in [-0.2, 0) is 6.42 Å². The van der Waals surface area contributed by atoms with Gasteiger partial charge in [0.15, 0.2) is 0 Å². The van der Waals surface area contributed by atoms with Crippen LogP contribution in [0.5, 0.6) is 0 Å². The Morgan fingerprint density at radius 2 is 2.33 bits per heavy atom. The summed E-state index contributed by atoms with van der Waals surface area (Å²) in [5.41, 5.74) is 2.21. The topological polar surface area (TPSA) is 38.1 Å². The molecule has 1 aromatic heterocycles. The summed E-state index contributed by atoms with van der Waals surface area (Å²) in [7, 11) is 0. The lowest BCUT2D eigenvalue weighted by molar-refractivity contribution is 0.208. The molecule has 4 heteroatoms. The van der Waals surface area contributed by atoms with Gasteiger partial charge in [-0.25, -0.2) is 4.98 Å². The number of aromatic nitrogens is 2. The first kappa shape index (κ1) is 11.8. The van der Waals surface area contributed by atoms with Gasteiger partial charge in [0.2, 0.25) is 0 Å². The van der Waals surface area contributed by atoms with Crippen molar-refractivity contribution in [3.63, 3.8) is 0 Å². The molecule has 0 saturated heterocycles. The van der Waals surface area contributed by atoms with Gasteiger partial charge in [0.25, 0.3) is 0 Å². The lowest BCUT2D eigenvalue weighted by atomic mass is 10.0. The van der Waals surface area contributed by atoms with Crippen molar-refractivity contribution in [3.05, 3.63) is 41.2 Å². The minimum Gasteiger partial charge on any atom is -0.394 e. The summed E-state index contributed by atoms with van der Waals surface area (Å²) >= 11 is 6.03. The van der Waals surface area contributed by atoms with E-state index >= 15 is 0 Å². The van der Waals surface area contributed by atoms with Crippen LogP contribution in [0, 0.1) is 0 Å². The molecular formula is C14H15ClN2O. The van der Waals surface area contributed by atoms with E-state index in [1.54, 1.807) is 0 Å². The molecule has 0 amide bonds. The van der Waals surface area contributed by atoms with Crippen LogP contribution in [0.1, 0.15) is 24.6 Å². The van der Waals surface area contributed by atoms with Crippen LogP contribution >= 0.6 is 11.6 Å². The van der Waals surface area contributed by atoms with Gasteiger partial charge in [0, 0.05) is 22.5 Å². The SMILES string of the molecule is OCC1CCCc2cnc(-c3cccc(Cl)c3)n21. The third-order valence-electron chi connectivity index (χ3n) is 3.50. The van der Waals surface area contributed by atoms with Crippen molar-refractivity contribution in [3.8, 4) is 11.4 Å². The zero-order valence-electron chi connectivity index (χ0n) is 10.0. The fourth-order valence-corrected chi connectivity index (χ4v) is 2.84. The van der Waals surface area contributed by atoms with E-state index < -0.39 is 0 Å². The Morgan fingerprint density at radius 1 is 1.44 bits per heavy atom. The third kappa shape index (κ3) is 1.93. The molecule has 0 aliphatic carbocycles. The Morgan fingerprint density at radius 3 is 3.11 bits per heavy atom. The molecule has 1 atom stereocenters. The monoisotopic (exact) mass is 262 g/mol. The largest absolute Gasteiger partial charge is 0.394 e. The molecule has 3 rings (SSSR count). The summed E-state index contributed by atoms with van der Waals surface area (Å²) in [4.78, 5) is 4.50. The molecule has 3 nitrogen and oxygen atoms in total. The molecule has 1 aromatic carbocycles. The van der Waals surface area contributed by atoms with Crippen molar-refractivity contribution < 1.29 is 5.11 Å². The van der Waals surface area contributed by atoms with Crippen molar-refractivity contribution in [1.82, 2.24) is 9.55 Å². The molecule has 0 radical (unpaired) electrons.